The molecule has 0 aliphatic heterocycles. The topological polar surface area (TPSA) is 26.0 Å². The first-order valence-corrected chi connectivity index (χ1v) is 7.95. The summed E-state index contributed by atoms with van der Waals surface area (Å²) in [5.74, 6) is 0. The van der Waals surface area contributed by atoms with E-state index < -0.39 is 0 Å². The Labute approximate surface area is 128 Å². The SMILES string of the molecule is C[C@H](N)c1ccc(Sc2ccccc2Br)cc1Br. The predicted octanol–water partition coefficient (Wildman–Crippen LogP) is 5.38. The summed E-state index contributed by atoms with van der Waals surface area (Å²) in [5, 5.41) is 0. The summed E-state index contributed by atoms with van der Waals surface area (Å²) in [7, 11) is 0. The van der Waals surface area contributed by atoms with Crippen molar-refractivity contribution in [3.63, 3.8) is 0 Å². The number of nitrogens with two attached hydrogens (primary N) is 1. The average Bonchev–Trinajstić information content (AvgIpc) is 2.32. The summed E-state index contributed by atoms with van der Waals surface area (Å²) in [6.07, 6.45) is 0. The van der Waals surface area contributed by atoms with Crippen molar-refractivity contribution in [1.82, 2.24) is 0 Å². The highest BCUT2D eigenvalue weighted by atomic mass is 79.9. The lowest BCUT2D eigenvalue weighted by atomic mass is 10.1. The van der Waals surface area contributed by atoms with Gasteiger partial charge in [-0.1, -0.05) is 45.9 Å². The number of rotatable bonds is 3. The highest BCUT2D eigenvalue weighted by molar-refractivity contribution is 9.10. The van der Waals surface area contributed by atoms with Gasteiger partial charge in [0.25, 0.3) is 0 Å². The Morgan fingerprint density at radius 1 is 1.06 bits per heavy atom. The van der Waals surface area contributed by atoms with Crippen LogP contribution in [0.25, 0.3) is 0 Å². The van der Waals surface area contributed by atoms with Gasteiger partial charge in [-0.25, -0.2) is 0 Å². The minimum atomic E-state index is 0.0434. The molecule has 0 bridgehead atoms. The first-order chi connectivity index (χ1) is 8.58. The van der Waals surface area contributed by atoms with Crippen LogP contribution in [0.5, 0.6) is 0 Å². The number of halogens is 2. The van der Waals surface area contributed by atoms with Gasteiger partial charge < -0.3 is 5.73 Å². The molecule has 0 aliphatic carbocycles. The van der Waals surface area contributed by atoms with Crippen LogP contribution in [0.15, 0.2) is 61.2 Å². The maximum absolute atomic E-state index is 5.90. The third kappa shape index (κ3) is 3.38. The molecule has 0 spiro atoms. The van der Waals surface area contributed by atoms with E-state index in [0.29, 0.717) is 0 Å². The van der Waals surface area contributed by atoms with Crippen molar-refractivity contribution >= 4 is 43.6 Å². The largest absolute Gasteiger partial charge is 0.324 e. The minimum Gasteiger partial charge on any atom is -0.324 e. The van der Waals surface area contributed by atoms with Gasteiger partial charge in [0.2, 0.25) is 0 Å². The molecule has 0 saturated heterocycles. The Kier molecular flexibility index (Phi) is 4.90. The van der Waals surface area contributed by atoms with Crippen molar-refractivity contribution in [3.05, 3.63) is 57.0 Å². The Hall–Kier alpha value is -0.290. The molecule has 0 heterocycles. The Morgan fingerprint density at radius 2 is 1.78 bits per heavy atom. The zero-order valence-corrected chi connectivity index (χ0v) is 13.8. The molecule has 0 aromatic heterocycles. The van der Waals surface area contributed by atoms with Crippen LogP contribution in [0.3, 0.4) is 0 Å². The lowest BCUT2D eigenvalue weighted by Crippen LogP contribution is -2.05. The fourth-order valence-electron chi connectivity index (χ4n) is 1.60. The Morgan fingerprint density at radius 3 is 2.39 bits per heavy atom. The average molecular weight is 387 g/mol. The van der Waals surface area contributed by atoms with Gasteiger partial charge in [-0.2, -0.15) is 0 Å². The fraction of sp³-hybridized carbons (Fsp3) is 0.143. The molecule has 18 heavy (non-hydrogen) atoms. The fourth-order valence-corrected chi connectivity index (χ4v) is 3.89. The molecular weight excluding hydrogens is 374 g/mol. The van der Waals surface area contributed by atoms with Gasteiger partial charge in [0, 0.05) is 24.8 Å². The van der Waals surface area contributed by atoms with E-state index in [4.69, 9.17) is 5.73 Å². The molecule has 2 aromatic rings. The maximum atomic E-state index is 5.90. The highest BCUT2D eigenvalue weighted by Crippen LogP contribution is 2.35. The van der Waals surface area contributed by atoms with Crippen molar-refractivity contribution < 1.29 is 0 Å². The van der Waals surface area contributed by atoms with Crippen molar-refractivity contribution in [1.29, 1.82) is 0 Å². The van der Waals surface area contributed by atoms with Crippen molar-refractivity contribution in [2.24, 2.45) is 5.73 Å². The molecule has 1 nitrogen and oxygen atoms in total. The minimum absolute atomic E-state index is 0.0434. The Balaban J connectivity index is 2.26. The number of benzene rings is 2. The van der Waals surface area contributed by atoms with Gasteiger partial charge in [-0.3, -0.25) is 0 Å². The smallest absolute Gasteiger partial charge is 0.0314 e. The third-order valence-corrected chi connectivity index (χ3v) is 5.23. The van der Waals surface area contributed by atoms with E-state index in [9.17, 15) is 0 Å². The molecule has 4 heteroatoms. The van der Waals surface area contributed by atoms with E-state index in [1.54, 1.807) is 11.8 Å². The molecule has 0 saturated carbocycles. The molecule has 0 amide bonds. The first kappa shape index (κ1) is 14.1. The summed E-state index contributed by atoms with van der Waals surface area (Å²) in [6.45, 7) is 1.99. The monoisotopic (exact) mass is 385 g/mol. The first-order valence-electron chi connectivity index (χ1n) is 5.55. The maximum Gasteiger partial charge on any atom is 0.0314 e. The second kappa shape index (κ2) is 6.24. The van der Waals surface area contributed by atoms with Crippen LogP contribution in [0, 0.1) is 0 Å². The van der Waals surface area contributed by atoms with Crippen molar-refractivity contribution in [2.75, 3.05) is 0 Å². The van der Waals surface area contributed by atoms with E-state index in [0.717, 1.165) is 14.5 Å². The Bertz CT molecular complexity index is 555. The van der Waals surface area contributed by atoms with E-state index >= 15 is 0 Å². The summed E-state index contributed by atoms with van der Waals surface area (Å²) >= 11 is 8.86. The van der Waals surface area contributed by atoms with Gasteiger partial charge in [0.15, 0.2) is 0 Å². The summed E-state index contributed by atoms with van der Waals surface area (Å²) in [6, 6.07) is 14.5. The van der Waals surface area contributed by atoms with Crippen LogP contribution in [-0.4, -0.2) is 0 Å². The van der Waals surface area contributed by atoms with Crippen LogP contribution < -0.4 is 5.73 Å². The molecule has 0 aliphatic rings. The molecular formula is C14H13Br2NS. The molecule has 1 atom stereocenters. The second-order valence-corrected chi connectivity index (χ2v) is 6.83. The number of hydrogen-bond donors (Lipinski definition) is 1. The van der Waals surface area contributed by atoms with Crippen LogP contribution in [-0.2, 0) is 0 Å². The summed E-state index contributed by atoms with van der Waals surface area (Å²) < 4.78 is 2.18. The zero-order chi connectivity index (χ0) is 13.1. The van der Waals surface area contributed by atoms with Crippen LogP contribution in [0.1, 0.15) is 18.5 Å². The molecule has 0 radical (unpaired) electrons. The zero-order valence-electron chi connectivity index (χ0n) is 9.86. The van der Waals surface area contributed by atoms with Crippen molar-refractivity contribution in [2.45, 2.75) is 22.8 Å². The quantitative estimate of drug-likeness (QED) is 0.765. The normalized spacial score (nSPS) is 12.4. The summed E-state index contributed by atoms with van der Waals surface area (Å²) in [4.78, 5) is 2.40. The van der Waals surface area contributed by atoms with Crippen LogP contribution >= 0.6 is 43.6 Å². The predicted molar refractivity (Wildman–Crippen MR) is 85.0 cm³/mol. The van der Waals surface area contributed by atoms with Gasteiger partial charge in [-0.05, 0) is 52.7 Å². The van der Waals surface area contributed by atoms with E-state index in [1.165, 1.54) is 9.79 Å². The van der Waals surface area contributed by atoms with Gasteiger partial charge in [-0.15, -0.1) is 0 Å². The van der Waals surface area contributed by atoms with Gasteiger partial charge in [0.05, 0.1) is 0 Å². The van der Waals surface area contributed by atoms with E-state index in [1.807, 2.05) is 25.1 Å². The molecule has 2 rings (SSSR count). The molecule has 2 aromatic carbocycles. The van der Waals surface area contributed by atoms with Gasteiger partial charge in [0.1, 0.15) is 0 Å². The standard InChI is InChI=1S/C14H13Br2NS/c1-9(17)11-7-6-10(8-13(11)16)18-14-5-3-2-4-12(14)15/h2-9H,17H2,1H3/t9-/m0/s1. The second-order valence-electron chi connectivity index (χ2n) is 4.00. The van der Waals surface area contributed by atoms with Gasteiger partial charge >= 0.3 is 0 Å². The lowest BCUT2D eigenvalue weighted by molar-refractivity contribution is 0.811. The molecule has 0 unspecified atom stereocenters. The van der Waals surface area contributed by atoms with Crippen LogP contribution in [0.4, 0.5) is 0 Å². The summed E-state index contributed by atoms with van der Waals surface area (Å²) in [5.41, 5.74) is 7.03. The highest BCUT2D eigenvalue weighted by Gasteiger charge is 2.07. The lowest BCUT2D eigenvalue weighted by Gasteiger charge is -2.10. The van der Waals surface area contributed by atoms with E-state index in [-0.39, 0.29) is 6.04 Å². The molecule has 2 N–H and O–H groups in total. The van der Waals surface area contributed by atoms with E-state index in [2.05, 4.69) is 56.1 Å². The molecule has 0 fully saturated rings. The molecule has 94 valence electrons. The number of hydrogen-bond acceptors (Lipinski definition) is 2. The third-order valence-electron chi connectivity index (χ3n) is 2.53. The van der Waals surface area contributed by atoms with Crippen molar-refractivity contribution in [3.8, 4) is 0 Å². The van der Waals surface area contributed by atoms with Crippen LogP contribution in [0.2, 0.25) is 0 Å².